The topological polar surface area (TPSA) is 24.1 Å². The predicted molar refractivity (Wildman–Crippen MR) is 93.0 cm³/mol. The molecule has 3 aliphatic carbocycles. The zero-order valence-electron chi connectivity index (χ0n) is 14.5. The summed E-state index contributed by atoms with van der Waals surface area (Å²) in [6, 6.07) is 0. The van der Waals surface area contributed by atoms with Crippen LogP contribution in [0.15, 0.2) is 0 Å². The number of piperazine rings is 1. The smallest absolute Gasteiger partial charge is 0.0309 e. The molecule has 4 rings (SSSR count). The highest BCUT2D eigenvalue weighted by molar-refractivity contribution is 5.00. The molecule has 3 atom stereocenters. The van der Waals surface area contributed by atoms with Gasteiger partial charge in [0.2, 0.25) is 0 Å². The number of hydrogen-bond acceptors (Lipinski definition) is 2. The van der Waals surface area contributed by atoms with Crippen LogP contribution in [0.3, 0.4) is 0 Å². The zero-order valence-corrected chi connectivity index (χ0v) is 14.5. The highest BCUT2D eigenvalue weighted by Gasteiger charge is 2.44. The van der Waals surface area contributed by atoms with E-state index in [1.165, 1.54) is 77.4 Å². The molecular formula is C20H36N2. The van der Waals surface area contributed by atoms with Gasteiger partial charge in [0.25, 0.3) is 0 Å². The second kappa shape index (κ2) is 6.43. The summed E-state index contributed by atoms with van der Waals surface area (Å²) in [5.41, 5.74) is 1.24. The van der Waals surface area contributed by atoms with Crippen LogP contribution in [0, 0.1) is 17.3 Å². The molecule has 126 valence electrons. The minimum absolute atomic E-state index is 0.457. The lowest BCUT2D eigenvalue weighted by molar-refractivity contribution is 0.0339. The minimum atomic E-state index is 0.457. The van der Waals surface area contributed by atoms with Gasteiger partial charge in [0.1, 0.15) is 0 Å². The van der Waals surface area contributed by atoms with Gasteiger partial charge >= 0.3 is 0 Å². The summed E-state index contributed by atoms with van der Waals surface area (Å²) in [5.74, 6) is 2.06. The maximum atomic E-state index is 3.91. The summed E-state index contributed by atoms with van der Waals surface area (Å²) in [6.45, 7) is 3.57. The van der Waals surface area contributed by atoms with Crippen LogP contribution in [0.5, 0.6) is 0 Å². The van der Waals surface area contributed by atoms with Crippen molar-refractivity contribution in [3.63, 3.8) is 0 Å². The maximum Gasteiger partial charge on any atom is 0.0309 e. The minimum Gasteiger partial charge on any atom is -0.314 e. The van der Waals surface area contributed by atoms with Crippen LogP contribution in [-0.2, 0) is 0 Å². The molecule has 4 fully saturated rings. The van der Waals surface area contributed by atoms with E-state index in [9.17, 15) is 0 Å². The first kappa shape index (κ1) is 15.4. The van der Waals surface area contributed by atoms with E-state index in [-0.39, 0.29) is 0 Å². The van der Waals surface area contributed by atoms with Crippen LogP contribution in [-0.4, -0.2) is 25.2 Å². The van der Waals surface area contributed by atoms with Crippen molar-refractivity contribution in [2.24, 2.45) is 17.3 Å². The first-order chi connectivity index (χ1) is 10.8. The molecule has 4 aliphatic rings. The average Bonchev–Trinajstić information content (AvgIpc) is 2.56. The van der Waals surface area contributed by atoms with E-state index in [1.807, 2.05) is 0 Å². The van der Waals surface area contributed by atoms with E-state index >= 15 is 0 Å². The van der Waals surface area contributed by atoms with Crippen LogP contribution in [0.2, 0.25) is 0 Å². The average molecular weight is 305 g/mol. The van der Waals surface area contributed by atoms with Crippen molar-refractivity contribution < 1.29 is 0 Å². The molecule has 0 aromatic heterocycles. The number of rotatable bonds is 1. The third-order valence-electron chi connectivity index (χ3n) is 7.71. The standard InChI is InChI=1S/C20H36N2/c1-2-8-19(9-3-1)10-4-6-17(14-19)18-7-5-11-20(15-18)16-21-12-13-22-20/h17-18,21-22H,1-16H2. The fourth-order valence-corrected chi connectivity index (χ4v) is 6.60. The molecule has 22 heavy (non-hydrogen) atoms. The summed E-state index contributed by atoms with van der Waals surface area (Å²) in [4.78, 5) is 0. The quantitative estimate of drug-likeness (QED) is 0.757. The molecule has 2 nitrogen and oxygen atoms in total. The van der Waals surface area contributed by atoms with E-state index in [0.29, 0.717) is 5.54 Å². The van der Waals surface area contributed by atoms with Crippen molar-refractivity contribution in [2.45, 2.75) is 89.0 Å². The van der Waals surface area contributed by atoms with Gasteiger partial charge in [0.15, 0.2) is 0 Å². The molecule has 0 amide bonds. The van der Waals surface area contributed by atoms with Crippen molar-refractivity contribution in [3.8, 4) is 0 Å². The van der Waals surface area contributed by atoms with E-state index in [0.717, 1.165) is 17.3 Å². The molecule has 0 radical (unpaired) electrons. The fourth-order valence-electron chi connectivity index (χ4n) is 6.60. The molecule has 3 unspecified atom stereocenters. The van der Waals surface area contributed by atoms with Crippen LogP contribution in [0.1, 0.15) is 83.5 Å². The van der Waals surface area contributed by atoms with Crippen LogP contribution >= 0.6 is 0 Å². The molecule has 3 saturated carbocycles. The lowest BCUT2D eigenvalue weighted by Gasteiger charge is -2.50. The Hall–Kier alpha value is -0.0800. The molecule has 1 aliphatic heterocycles. The Balaban J connectivity index is 1.42. The number of hydrogen-bond donors (Lipinski definition) is 2. The van der Waals surface area contributed by atoms with Crippen molar-refractivity contribution >= 4 is 0 Å². The highest BCUT2D eigenvalue weighted by atomic mass is 15.1. The Kier molecular flexibility index (Phi) is 4.52. The van der Waals surface area contributed by atoms with Gasteiger partial charge in [-0.05, 0) is 55.8 Å². The molecule has 0 aromatic rings. The summed E-state index contributed by atoms with van der Waals surface area (Å²) in [5, 5.41) is 7.58. The van der Waals surface area contributed by atoms with Crippen LogP contribution in [0.25, 0.3) is 0 Å². The largest absolute Gasteiger partial charge is 0.314 e. The lowest BCUT2D eigenvalue weighted by atomic mass is 9.58. The van der Waals surface area contributed by atoms with Crippen molar-refractivity contribution in [1.82, 2.24) is 10.6 Å². The molecule has 0 bridgehead atoms. The third kappa shape index (κ3) is 3.11. The Bertz CT molecular complexity index is 319. The van der Waals surface area contributed by atoms with Crippen molar-refractivity contribution in [3.05, 3.63) is 0 Å². The van der Waals surface area contributed by atoms with E-state index in [4.69, 9.17) is 0 Å². The molecule has 0 aromatic carbocycles. The van der Waals surface area contributed by atoms with E-state index in [2.05, 4.69) is 10.6 Å². The SMILES string of the molecule is C1CCC2(CC1)CCCC(C1CCCC3(CNCCN3)C1)C2. The molecule has 2 N–H and O–H groups in total. The fraction of sp³-hybridized carbons (Fsp3) is 1.00. The third-order valence-corrected chi connectivity index (χ3v) is 7.71. The summed E-state index contributed by atoms with van der Waals surface area (Å²) in [7, 11) is 0. The van der Waals surface area contributed by atoms with Crippen molar-refractivity contribution in [2.75, 3.05) is 19.6 Å². The Morgan fingerprint density at radius 1 is 0.682 bits per heavy atom. The van der Waals surface area contributed by atoms with Crippen LogP contribution < -0.4 is 10.6 Å². The molecule has 1 saturated heterocycles. The van der Waals surface area contributed by atoms with E-state index < -0.39 is 0 Å². The summed E-state index contributed by atoms with van der Waals surface area (Å²) < 4.78 is 0. The van der Waals surface area contributed by atoms with Gasteiger partial charge in [-0.15, -0.1) is 0 Å². The highest BCUT2D eigenvalue weighted by Crippen LogP contribution is 2.53. The van der Waals surface area contributed by atoms with Gasteiger partial charge < -0.3 is 10.6 Å². The molecule has 2 heteroatoms. The molecule has 2 spiro atoms. The van der Waals surface area contributed by atoms with Gasteiger partial charge in [-0.3, -0.25) is 0 Å². The van der Waals surface area contributed by atoms with Gasteiger partial charge in [-0.2, -0.15) is 0 Å². The van der Waals surface area contributed by atoms with Gasteiger partial charge in [-0.1, -0.05) is 44.9 Å². The predicted octanol–water partition coefficient (Wildman–Crippen LogP) is 4.25. The maximum absolute atomic E-state index is 3.91. The zero-order chi connectivity index (χ0) is 14.9. The Morgan fingerprint density at radius 2 is 1.41 bits per heavy atom. The van der Waals surface area contributed by atoms with Gasteiger partial charge in [-0.25, -0.2) is 0 Å². The molecular weight excluding hydrogens is 268 g/mol. The van der Waals surface area contributed by atoms with Crippen molar-refractivity contribution in [1.29, 1.82) is 0 Å². The Morgan fingerprint density at radius 3 is 2.18 bits per heavy atom. The lowest BCUT2D eigenvalue weighted by Crippen LogP contribution is -2.61. The summed E-state index contributed by atoms with van der Waals surface area (Å²) in [6.07, 6.45) is 19.7. The first-order valence-corrected chi connectivity index (χ1v) is 10.3. The van der Waals surface area contributed by atoms with Gasteiger partial charge in [0, 0.05) is 25.2 Å². The van der Waals surface area contributed by atoms with E-state index in [1.54, 1.807) is 25.7 Å². The summed E-state index contributed by atoms with van der Waals surface area (Å²) >= 11 is 0. The normalized spacial score (nSPS) is 42.5. The second-order valence-corrected chi connectivity index (χ2v) is 9.16. The Labute approximate surface area is 137 Å². The first-order valence-electron chi connectivity index (χ1n) is 10.3. The number of nitrogens with one attached hydrogen (secondary N) is 2. The molecule has 1 heterocycles. The monoisotopic (exact) mass is 304 g/mol. The van der Waals surface area contributed by atoms with Crippen LogP contribution in [0.4, 0.5) is 0 Å². The second-order valence-electron chi connectivity index (χ2n) is 9.16. The van der Waals surface area contributed by atoms with Gasteiger partial charge in [0.05, 0.1) is 0 Å².